The predicted octanol–water partition coefficient (Wildman–Crippen LogP) is 0.0792. The maximum atomic E-state index is 12.8. The zero-order valence-electron chi connectivity index (χ0n) is 19.8. The van der Waals surface area contributed by atoms with Gasteiger partial charge >= 0.3 is 5.97 Å². The average molecular weight is 500 g/mol. The van der Waals surface area contributed by atoms with Crippen molar-refractivity contribution in [2.24, 2.45) is 0 Å². The van der Waals surface area contributed by atoms with Crippen molar-refractivity contribution in [2.45, 2.75) is 20.4 Å². The summed E-state index contributed by atoms with van der Waals surface area (Å²) in [6, 6.07) is 8.79. The second kappa shape index (κ2) is 12.9. The van der Waals surface area contributed by atoms with E-state index in [4.69, 9.17) is 9.47 Å². The van der Waals surface area contributed by atoms with Crippen LogP contribution in [0.2, 0.25) is 0 Å². The van der Waals surface area contributed by atoms with Crippen molar-refractivity contribution in [3.8, 4) is 6.07 Å². The molecular weight excluding hydrogens is 470 g/mol. The Hall–Kier alpha value is -3.46. The van der Waals surface area contributed by atoms with Crippen molar-refractivity contribution in [1.29, 1.82) is 5.26 Å². The van der Waals surface area contributed by atoms with Gasteiger partial charge in [0.15, 0.2) is 5.57 Å². The molecule has 0 saturated carbocycles. The number of rotatable bonds is 9. The highest BCUT2D eigenvalue weighted by molar-refractivity contribution is 7.07. The second-order valence-corrected chi connectivity index (χ2v) is 8.64. The number of morpholine rings is 1. The number of aromatic nitrogens is 1. The van der Waals surface area contributed by atoms with E-state index in [2.05, 4.69) is 15.5 Å². The number of benzene rings is 1. The van der Waals surface area contributed by atoms with Gasteiger partial charge in [0.2, 0.25) is 0 Å². The van der Waals surface area contributed by atoms with Gasteiger partial charge in [-0.25, -0.2) is 4.79 Å². The first-order valence-corrected chi connectivity index (χ1v) is 12.3. The summed E-state index contributed by atoms with van der Waals surface area (Å²) in [4.78, 5) is 39.8. The molecule has 3 rings (SSSR count). The Labute approximate surface area is 207 Å². The zero-order valence-corrected chi connectivity index (χ0v) is 20.7. The van der Waals surface area contributed by atoms with E-state index in [-0.39, 0.29) is 28.3 Å². The highest BCUT2D eigenvalue weighted by Gasteiger charge is 2.16. The number of anilines is 1. The number of carbonyl (C=O) groups excluding carboxylic acids is 2. The molecule has 1 saturated heterocycles. The van der Waals surface area contributed by atoms with Crippen molar-refractivity contribution < 1.29 is 19.1 Å². The van der Waals surface area contributed by atoms with Crippen LogP contribution in [0.15, 0.2) is 29.1 Å². The summed E-state index contributed by atoms with van der Waals surface area (Å²) in [7, 11) is 0. The molecule has 1 amide bonds. The van der Waals surface area contributed by atoms with Crippen molar-refractivity contribution in [1.82, 2.24) is 14.8 Å². The Bertz CT molecular complexity index is 1270. The van der Waals surface area contributed by atoms with E-state index in [1.165, 1.54) is 10.8 Å². The lowest BCUT2D eigenvalue weighted by Crippen LogP contribution is -2.41. The third-order valence-corrected chi connectivity index (χ3v) is 6.47. The largest absolute Gasteiger partial charge is 0.462 e. The summed E-state index contributed by atoms with van der Waals surface area (Å²) in [6.07, 6.45) is 1.51. The monoisotopic (exact) mass is 499 g/mol. The lowest BCUT2D eigenvalue weighted by Gasteiger charge is -2.26. The maximum absolute atomic E-state index is 12.8. The molecule has 1 aromatic carbocycles. The van der Waals surface area contributed by atoms with Crippen molar-refractivity contribution in [3.05, 3.63) is 49.4 Å². The first-order valence-electron chi connectivity index (χ1n) is 11.4. The van der Waals surface area contributed by atoms with Gasteiger partial charge in [-0.15, -0.1) is 11.3 Å². The Morgan fingerprint density at radius 1 is 1.29 bits per heavy atom. The van der Waals surface area contributed by atoms with Crippen molar-refractivity contribution in [3.63, 3.8) is 0 Å². The molecule has 10 nitrogen and oxygen atoms in total. The van der Waals surface area contributed by atoms with Crippen LogP contribution in [0, 0.1) is 11.3 Å². The first-order chi connectivity index (χ1) is 17.0. The average Bonchev–Trinajstić information content (AvgIpc) is 3.18. The lowest BCUT2D eigenvalue weighted by atomic mass is 10.2. The topological polar surface area (TPSA) is 126 Å². The summed E-state index contributed by atoms with van der Waals surface area (Å²) in [5.74, 6) is -0.943. The third kappa shape index (κ3) is 6.79. The number of hydrogen-bond acceptors (Lipinski definition) is 9. The summed E-state index contributed by atoms with van der Waals surface area (Å²) in [6.45, 7) is 8.29. The fourth-order valence-electron chi connectivity index (χ4n) is 3.53. The van der Waals surface area contributed by atoms with E-state index in [1.54, 1.807) is 38.1 Å². The molecule has 2 heterocycles. The minimum atomic E-state index is -0.759. The molecule has 1 fully saturated rings. The van der Waals surface area contributed by atoms with Gasteiger partial charge in [-0.2, -0.15) is 5.26 Å². The fourth-order valence-corrected chi connectivity index (χ4v) is 4.61. The van der Waals surface area contributed by atoms with Gasteiger partial charge in [-0.3, -0.25) is 19.1 Å². The second-order valence-electron chi connectivity index (χ2n) is 7.61. The number of hydrogen-bond donors (Lipinski definition) is 2. The summed E-state index contributed by atoms with van der Waals surface area (Å²) < 4.78 is 12.2. The van der Waals surface area contributed by atoms with Gasteiger partial charge in [0.05, 0.1) is 19.8 Å². The molecule has 0 radical (unpaired) electrons. The molecule has 0 atom stereocenters. The van der Waals surface area contributed by atoms with Gasteiger partial charge in [0.25, 0.3) is 11.5 Å². The van der Waals surface area contributed by atoms with Crippen LogP contribution >= 0.6 is 11.3 Å². The molecule has 186 valence electrons. The molecule has 35 heavy (non-hydrogen) atoms. The molecule has 2 N–H and O–H groups in total. The molecule has 0 aliphatic carbocycles. The number of carbonyl (C=O) groups is 2. The minimum Gasteiger partial charge on any atom is -0.462 e. The number of nitrogens with zero attached hydrogens (tertiary/aromatic N) is 3. The number of thiazole rings is 1. The van der Waals surface area contributed by atoms with Crippen LogP contribution in [0.4, 0.5) is 5.69 Å². The van der Waals surface area contributed by atoms with E-state index in [0.717, 1.165) is 31.0 Å². The summed E-state index contributed by atoms with van der Waals surface area (Å²) >= 11 is 1.03. The standard InChI is InChI=1S/C24H29N5O5S/c1-3-29-22(31)20(35-23(29)19(15-25)24(32)34-4-2)16-27-18-7-5-6-17(14-18)21(30)26-8-9-28-10-12-33-13-11-28/h5-7,14,16,27H,3-4,8-13H2,1-2H3,(H,26,30). The summed E-state index contributed by atoms with van der Waals surface area (Å²) in [5.41, 5.74) is 0.587. The number of nitriles is 1. The molecule has 0 spiro atoms. The van der Waals surface area contributed by atoms with E-state index in [1.807, 2.05) is 6.07 Å². The number of esters is 1. The van der Waals surface area contributed by atoms with E-state index < -0.39 is 5.97 Å². The van der Waals surface area contributed by atoms with Crippen LogP contribution in [0.25, 0.3) is 11.8 Å². The first kappa shape index (κ1) is 26.2. The molecule has 1 aromatic heterocycles. The van der Waals surface area contributed by atoms with Crippen LogP contribution < -0.4 is 25.4 Å². The SMILES string of the molecule is CCOC(=O)C(C#N)=c1sc(=CNc2cccc(C(=O)NCCN3CCOCC3)c2)c(=O)n1CC. The Balaban J connectivity index is 1.75. The van der Waals surface area contributed by atoms with Crippen molar-refractivity contribution >= 4 is 40.7 Å². The Morgan fingerprint density at radius 3 is 2.74 bits per heavy atom. The van der Waals surface area contributed by atoms with Gasteiger partial charge in [0.1, 0.15) is 15.3 Å². The Kier molecular flexibility index (Phi) is 9.60. The van der Waals surface area contributed by atoms with Gasteiger partial charge in [-0.05, 0) is 32.0 Å². The smallest absolute Gasteiger partial charge is 0.351 e. The number of ether oxygens (including phenoxy) is 2. The van der Waals surface area contributed by atoms with Gasteiger partial charge < -0.3 is 20.1 Å². The molecule has 0 unspecified atom stereocenters. The third-order valence-electron chi connectivity index (χ3n) is 5.34. The maximum Gasteiger partial charge on any atom is 0.351 e. The zero-order chi connectivity index (χ0) is 25.2. The summed E-state index contributed by atoms with van der Waals surface area (Å²) in [5, 5.41) is 15.4. The quantitative estimate of drug-likeness (QED) is 0.465. The van der Waals surface area contributed by atoms with Crippen LogP contribution in [-0.4, -0.2) is 67.3 Å². The normalized spacial score (nSPS) is 15.3. The Morgan fingerprint density at radius 2 is 2.06 bits per heavy atom. The minimum absolute atomic E-state index is 0.128. The van der Waals surface area contributed by atoms with Gasteiger partial charge in [0, 0.05) is 50.2 Å². The molecule has 0 bridgehead atoms. The number of amides is 1. The lowest BCUT2D eigenvalue weighted by molar-refractivity contribution is -0.136. The van der Waals surface area contributed by atoms with Crippen LogP contribution in [0.5, 0.6) is 0 Å². The predicted molar refractivity (Wildman–Crippen MR) is 133 cm³/mol. The van der Waals surface area contributed by atoms with Crippen LogP contribution in [0.1, 0.15) is 24.2 Å². The highest BCUT2D eigenvalue weighted by Crippen LogP contribution is 2.10. The van der Waals surface area contributed by atoms with Crippen molar-refractivity contribution in [2.75, 3.05) is 51.3 Å². The fraction of sp³-hybridized carbons (Fsp3) is 0.417. The number of nitrogens with one attached hydrogen (secondary N) is 2. The molecule has 1 aliphatic heterocycles. The molecular formula is C24H29N5O5S. The van der Waals surface area contributed by atoms with Crippen LogP contribution in [-0.2, 0) is 20.8 Å². The molecule has 11 heteroatoms. The molecule has 1 aliphatic rings. The highest BCUT2D eigenvalue weighted by atomic mass is 32.1. The van der Waals surface area contributed by atoms with E-state index in [0.29, 0.717) is 42.1 Å². The van der Waals surface area contributed by atoms with Gasteiger partial charge in [-0.1, -0.05) is 6.07 Å². The van der Waals surface area contributed by atoms with E-state index in [9.17, 15) is 19.6 Å². The molecule has 2 aromatic rings. The van der Waals surface area contributed by atoms with E-state index >= 15 is 0 Å². The van der Waals surface area contributed by atoms with Crippen LogP contribution in [0.3, 0.4) is 0 Å².